The van der Waals surface area contributed by atoms with E-state index >= 15 is 0 Å². The van der Waals surface area contributed by atoms with Crippen LogP contribution in [0.4, 0.5) is 13.2 Å². The monoisotopic (exact) mass is 714 g/mol. The van der Waals surface area contributed by atoms with Crippen LogP contribution in [-0.2, 0) is 23.6 Å². The zero-order chi connectivity index (χ0) is 36.2. The second kappa shape index (κ2) is 16.8. The first-order chi connectivity index (χ1) is 22.9. The summed E-state index contributed by atoms with van der Waals surface area (Å²) in [5.41, 5.74) is -2.18. The molecule has 1 heterocycles. The third-order valence-electron chi connectivity index (χ3n) is 13.2. The fourth-order valence-corrected chi connectivity index (χ4v) is 10.0. The first-order valence-electron chi connectivity index (χ1n) is 19.6. The van der Waals surface area contributed by atoms with Crippen molar-refractivity contribution in [2.75, 3.05) is 0 Å². The predicted octanol–water partition coefficient (Wildman–Crippen LogP) is 11.9. The number of halogens is 3. The van der Waals surface area contributed by atoms with E-state index in [0.717, 1.165) is 23.7 Å². The summed E-state index contributed by atoms with van der Waals surface area (Å²) in [6.45, 7) is 17.2. The molecule has 0 bridgehead atoms. The van der Waals surface area contributed by atoms with Gasteiger partial charge in [-0.2, -0.15) is 21.6 Å². The van der Waals surface area contributed by atoms with E-state index in [1.165, 1.54) is 102 Å². The summed E-state index contributed by atoms with van der Waals surface area (Å²) in [6, 6.07) is 0. The van der Waals surface area contributed by atoms with Crippen molar-refractivity contribution in [3.05, 3.63) is 22.4 Å². The van der Waals surface area contributed by atoms with Gasteiger partial charge in [-0.05, 0) is 146 Å². The maximum Gasteiger partial charge on any atom is 0.534 e. The van der Waals surface area contributed by atoms with E-state index in [1.54, 1.807) is 12.5 Å². The summed E-state index contributed by atoms with van der Waals surface area (Å²) < 4.78 is 76.7. The smallest absolute Gasteiger partial charge is 0.400 e. The third-order valence-corrected chi connectivity index (χ3v) is 14.2. The van der Waals surface area contributed by atoms with Crippen molar-refractivity contribution >= 4 is 17.2 Å². The van der Waals surface area contributed by atoms with Crippen LogP contribution < -0.4 is 0 Å². The van der Waals surface area contributed by atoms with Gasteiger partial charge >= 0.3 is 22.7 Å². The molecule has 2 saturated carbocycles. The van der Waals surface area contributed by atoms with E-state index in [0.29, 0.717) is 30.3 Å². The average molecular weight is 715 g/mol. The molecule has 282 valence electrons. The van der Waals surface area contributed by atoms with Crippen LogP contribution in [0, 0.1) is 35.5 Å². The Kier molecular flexibility index (Phi) is 14.0. The Bertz CT molecular complexity index is 1240. The first-order valence-corrected chi connectivity index (χ1v) is 21.0. The van der Waals surface area contributed by atoms with Gasteiger partial charge in [0.15, 0.2) is 0 Å². The van der Waals surface area contributed by atoms with Crippen molar-refractivity contribution in [1.29, 1.82) is 0 Å². The topological polar surface area (TPSA) is 61.8 Å². The molecule has 0 spiro atoms. The van der Waals surface area contributed by atoms with Crippen LogP contribution in [-0.4, -0.2) is 32.2 Å². The maximum atomic E-state index is 12.4. The highest BCUT2D eigenvalue weighted by Gasteiger charge is 2.53. The fourth-order valence-electron chi connectivity index (χ4n) is 9.43. The molecule has 10 heteroatoms. The van der Waals surface area contributed by atoms with Gasteiger partial charge in [0, 0.05) is 6.42 Å². The van der Waals surface area contributed by atoms with E-state index < -0.39 is 15.6 Å². The zero-order valence-electron chi connectivity index (χ0n) is 31.9. The van der Waals surface area contributed by atoms with E-state index in [2.05, 4.69) is 52.6 Å². The molecule has 0 aromatic heterocycles. The zero-order valence-corrected chi connectivity index (χ0v) is 32.7. The molecule has 1 aliphatic heterocycles. The Labute approximate surface area is 297 Å². The number of hydrogen-bond acceptors (Lipinski definition) is 5. The van der Waals surface area contributed by atoms with Crippen LogP contribution in [0.1, 0.15) is 171 Å². The van der Waals surface area contributed by atoms with Gasteiger partial charge in [-0.25, -0.2) is 0 Å². The lowest BCUT2D eigenvalue weighted by Crippen LogP contribution is -2.41. The van der Waals surface area contributed by atoms with Crippen LogP contribution in [0.2, 0.25) is 0 Å². The normalized spacial score (nSPS) is 32.5. The molecule has 0 aromatic carbocycles. The van der Waals surface area contributed by atoms with Gasteiger partial charge in [0.05, 0.1) is 11.2 Å². The number of alkyl halides is 3. The second-order valence-corrected chi connectivity index (χ2v) is 18.8. The van der Waals surface area contributed by atoms with Crippen molar-refractivity contribution in [1.82, 2.24) is 0 Å². The SMILES string of the molecule is CCCC1CCC(C2CCC(B3OC(C)(C)C(C)(C)O3)=C(C)C2)CC1.CCCC1CCC(C2CCC(OS(=O)(=O)C(F)(F)F)=C(C)C2)CC1. The molecule has 2 unspecified atom stereocenters. The molecule has 3 fully saturated rings. The predicted molar refractivity (Wildman–Crippen MR) is 193 cm³/mol. The fraction of sp³-hybridized carbons (Fsp3) is 0.897. The van der Waals surface area contributed by atoms with Gasteiger partial charge in [-0.1, -0.05) is 70.8 Å². The van der Waals surface area contributed by atoms with E-state index in [9.17, 15) is 21.6 Å². The highest BCUT2D eigenvalue weighted by atomic mass is 32.2. The highest BCUT2D eigenvalue weighted by Crippen LogP contribution is 2.47. The lowest BCUT2D eigenvalue weighted by atomic mass is 9.63. The van der Waals surface area contributed by atoms with Crippen LogP contribution in [0.15, 0.2) is 22.4 Å². The summed E-state index contributed by atoms with van der Waals surface area (Å²) in [5.74, 6) is 4.73. The number of rotatable bonds is 9. The van der Waals surface area contributed by atoms with E-state index in [-0.39, 0.29) is 30.5 Å². The van der Waals surface area contributed by atoms with Crippen molar-refractivity contribution < 1.29 is 35.1 Å². The maximum absolute atomic E-state index is 12.4. The average Bonchev–Trinajstić information content (AvgIpc) is 3.24. The molecule has 5 rings (SSSR count). The Hall–Kier alpha value is -0.995. The van der Waals surface area contributed by atoms with Gasteiger partial charge in [0.1, 0.15) is 5.76 Å². The standard InChI is InChI=1S/C22H39BO2.C17H27F3O3S/c1-7-8-17-9-11-18(12-10-17)19-13-14-20(16(2)15-19)23-24-21(3,4)22(5,6)25-23;1-3-4-13-5-7-14(8-6-13)15-9-10-16(12(2)11-15)23-24(21,22)17(18,19)20/h17-19H,7-15H2,1-6H3;13-15H,3-11H2,1-2H3. The molecule has 4 aliphatic carbocycles. The molecule has 0 amide bonds. The Morgan fingerprint density at radius 2 is 1.12 bits per heavy atom. The molecule has 0 aromatic rings. The minimum absolute atomic E-state index is 0.0109. The number of allylic oxidation sites excluding steroid dienone is 4. The van der Waals surface area contributed by atoms with Crippen molar-refractivity contribution in [2.24, 2.45) is 35.5 Å². The lowest BCUT2D eigenvalue weighted by Gasteiger charge is -2.37. The highest BCUT2D eigenvalue weighted by molar-refractivity contribution is 7.87. The third kappa shape index (κ3) is 10.3. The molecule has 5 nitrogen and oxygen atoms in total. The van der Waals surface area contributed by atoms with Crippen LogP contribution >= 0.6 is 0 Å². The quantitative estimate of drug-likeness (QED) is 0.135. The van der Waals surface area contributed by atoms with E-state index in [1.807, 2.05) is 0 Å². The Balaban J connectivity index is 0.000000221. The largest absolute Gasteiger partial charge is 0.534 e. The lowest BCUT2D eigenvalue weighted by molar-refractivity contribution is -0.0525. The molecular formula is C39H66BF3O5S. The second-order valence-electron chi connectivity index (χ2n) is 17.2. The van der Waals surface area contributed by atoms with Gasteiger partial charge in [0.2, 0.25) is 0 Å². The van der Waals surface area contributed by atoms with Gasteiger partial charge < -0.3 is 13.5 Å². The minimum Gasteiger partial charge on any atom is -0.400 e. The molecule has 49 heavy (non-hydrogen) atoms. The Morgan fingerprint density at radius 1 is 0.694 bits per heavy atom. The van der Waals surface area contributed by atoms with Gasteiger partial charge in [-0.3, -0.25) is 0 Å². The van der Waals surface area contributed by atoms with Crippen LogP contribution in [0.3, 0.4) is 0 Å². The van der Waals surface area contributed by atoms with E-state index in [4.69, 9.17) is 9.31 Å². The Morgan fingerprint density at radius 3 is 1.51 bits per heavy atom. The van der Waals surface area contributed by atoms with Gasteiger partial charge in [0.25, 0.3) is 0 Å². The summed E-state index contributed by atoms with van der Waals surface area (Å²) in [7, 11) is -5.66. The molecular weight excluding hydrogens is 648 g/mol. The van der Waals surface area contributed by atoms with Crippen molar-refractivity contribution in [3.63, 3.8) is 0 Å². The van der Waals surface area contributed by atoms with Crippen molar-refractivity contribution in [3.8, 4) is 0 Å². The molecule has 2 atom stereocenters. The van der Waals surface area contributed by atoms with Crippen LogP contribution in [0.5, 0.6) is 0 Å². The summed E-state index contributed by atoms with van der Waals surface area (Å²) in [4.78, 5) is 0. The number of hydrogen-bond donors (Lipinski definition) is 0. The summed E-state index contributed by atoms with van der Waals surface area (Å²) in [6.07, 6.45) is 21.4. The van der Waals surface area contributed by atoms with Crippen LogP contribution in [0.25, 0.3) is 0 Å². The summed E-state index contributed by atoms with van der Waals surface area (Å²) >= 11 is 0. The molecule has 5 aliphatic rings. The minimum atomic E-state index is -5.54. The molecule has 0 N–H and O–H groups in total. The molecule has 0 radical (unpaired) electrons. The summed E-state index contributed by atoms with van der Waals surface area (Å²) in [5, 5.41) is 0. The van der Waals surface area contributed by atoms with Crippen molar-refractivity contribution in [2.45, 2.75) is 188 Å². The first kappa shape index (κ1) is 40.8. The molecule has 1 saturated heterocycles. The van der Waals surface area contributed by atoms with Gasteiger partial charge in [-0.15, -0.1) is 0 Å².